The second-order valence-corrected chi connectivity index (χ2v) is 9.53. The van der Waals surface area contributed by atoms with E-state index in [1.807, 2.05) is 91.0 Å². The zero-order valence-corrected chi connectivity index (χ0v) is 21.4. The Morgan fingerprint density at radius 3 is 2.41 bits per heavy atom. The van der Waals surface area contributed by atoms with Crippen molar-refractivity contribution in [3.63, 3.8) is 0 Å². The van der Waals surface area contributed by atoms with E-state index < -0.39 is 12.0 Å². The largest absolute Gasteiger partial charge is 0.488 e. The van der Waals surface area contributed by atoms with Gasteiger partial charge in [-0.3, -0.25) is 9.36 Å². The van der Waals surface area contributed by atoms with Crippen molar-refractivity contribution in [3.05, 3.63) is 133 Å². The standard InChI is InChI=1S/C30H26N2O4S/c1-3-35-29(34)26-20(2)31-30-32(27(26)22-14-8-5-9-15-22)28(33)25(37-30)18-23-16-10-11-17-24(23)36-19-21-12-6-4-7-13-21/h4-18,27H,3,19H2,1-2H3/b25-18-/t27-/m1/s1. The summed E-state index contributed by atoms with van der Waals surface area (Å²) < 4.78 is 13.5. The number of nitrogens with zero attached hydrogens (tertiary/aromatic N) is 2. The van der Waals surface area contributed by atoms with E-state index in [4.69, 9.17) is 9.47 Å². The first-order valence-electron chi connectivity index (χ1n) is 12.1. The molecule has 0 radical (unpaired) electrons. The van der Waals surface area contributed by atoms with E-state index in [1.165, 1.54) is 11.3 Å². The molecule has 1 atom stereocenters. The van der Waals surface area contributed by atoms with Crippen molar-refractivity contribution in [1.29, 1.82) is 0 Å². The lowest BCUT2D eigenvalue weighted by Gasteiger charge is -2.24. The van der Waals surface area contributed by atoms with E-state index in [2.05, 4.69) is 4.99 Å². The third-order valence-corrected chi connectivity index (χ3v) is 7.06. The van der Waals surface area contributed by atoms with Crippen LogP contribution < -0.4 is 19.6 Å². The summed E-state index contributed by atoms with van der Waals surface area (Å²) in [7, 11) is 0. The van der Waals surface area contributed by atoms with Gasteiger partial charge in [-0.05, 0) is 37.1 Å². The average molecular weight is 511 g/mol. The molecular formula is C30H26N2O4S. The van der Waals surface area contributed by atoms with Gasteiger partial charge in [-0.15, -0.1) is 0 Å². The molecule has 0 bridgehead atoms. The summed E-state index contributed by atoms with van der Waals surface area (Å²) in [6, 6.07) is 26.4. The lowest BCUT2D eigenvalue weighted by Crippen LogP contribution is -2.39. The van der Waals surface area contributed by atoms with Crippen molar-refractivity contribution in [1.82, 2.24) is 4.57 Å². The van der Waals surface area contributed by atoms with E-state index in [9.17, 15) is 9.59 Å². The number of thiazole rings is 1. The second-order valence-electron chi connectivity index (χ2n) is 8.53. The molecule has 1 aromatic heterocycles. The first kappa shape index (κ1) is 24.5. The number of carbonyl (C=O) groups is 1. The summed E-state index contributed by atoms with van der Waals surface area (Å²) in [6.07, 6.45) is 1.83. The van der Waals surface area contributed by atoms with Gasteiger partial charge in [0.1, 0.15) is 12.4 Å². The van der Waals surface area contributed by atoms with Crippen LogP contribution in [0.3, 0.4) is 0 Å². The lowest BCUT2D eigenvalue weighted by atomic mass is 9.96. The van der Waals surface area contributed by atoms with Crippen molar-refractivity contribution >= 4 is 23.4 Å². The van der Waals surface area contributed by atoms with Crippen LogP contribution in [0.25, 0.3) is 6.08 Å². The smallest absolute Gasteiger partial charge is 0.338 e. The Morgan fingerprint density at radius 1 is 1.00 bits per heavy atom. The molecule has 6 nitrogen and oxygen atoms in total. The molecule has 4 aromatic rings. The number of allylic oxidation sites excluding steroid dienone is 1. The highest BCUT2D eigenvalue weighted by Gasteiger charge is 2.33. The van der Waals surface area contributed by atoms with Crippen molar-refractivity contribution in [3.8, 4) is 5.75 Å². The summed E-state index contributed by atoms with van der Waals surface area (Å²) >= 11 is 1.30. The molecule has 0 N–H and O–H groups in total. The molecule has 0 fully saturated rings. The van der Waals surface area contributed by atoms with Gasteiger partial charge in [0, 0.05) is 5.56 Å². The van der Waals surface area contributed by atoms with Gasteiger partial charge < -0.3 is 9.47 Å². The Hall–Kier alpha value is -4.23. The molecule has 7 heteroatoms. The van der Waals surface area contributed by atoms with E-state index in [0.717, 1.165) is 16.7 Å². The number of benzene rings is 3. The number of hydrogen-bond acceptors (Lipinski definition) is 6. The van der Waals surface area contributed by atoms with Crippen molar-refractivity contribution in [2.75, 3.05) is 6.61 Å². The maximum atomic E-state index is 13.8. The predicted octanol–water partition coefficient (Wildman–Crippen LogP) is 4.38. The zero-order valence-electron chi connectivity index (χ0n) is 20.6. The number of carbonyl (C=O) groups excluding carboxylic acids is 1. The molecule has 186 valence electrons. The zero-order chi connectivity index (χ0) is 25.8. The highest BCUT2D eigenvalue weighted by Crippen LogP contribution is 2.30. The minimum Gasteiger partial charge on any atom is -0.488 e. The van der Waals surface area contributed by atoms with Crippen LogP contribution in [0.5, 0.6) is 5.75 Å². The molecule has 0 saturated carbocycles. The quantitative estimate of drug-likeness (QED) is 0.346. The molecule has 37 heavy (non-hydrogen) atoms. The Bertz CT molecular complexity index is 1640. The first-order valence-corrected chi connectivity index (χ1v) is 12.9. The molecule has 3 aromatic carbocycles. The maximum Gasteiger partial charge on any atom is 0.338 e. The van der Waals surface area contributed by atoms with Crippen LogP contribution in [0.1, 0.15) is 36.6 Å². The molecule has 1 aliphatic rings. The van der Waals surface area contributed by atoms with Gasteiger partial charge in [0.15, 0.2) is 4.80 Å². The molecule has 5 rings (SSSR count). The van der Waals surface area contributed by atoms with E-state index in [0.29, 0.717) is 33.0 Å². The summed E-state index contributed by atoms with van der Waals surface area (Å²) in [5, 5.41) is 0. The number of rotatable bonds is 7. The highest BCUT2D eigenvalue weighted by molar-refractivity contribution is 7.07. The molecule has 1 aliphatic heterocycles. The van der Waals surface area contributed by atoms with Gasteiger partial charge >= 0.3 is 5.97 Å². The maximum absolute atomic E-state index is 13.8. The topological polar surface area (TPSA) is 69.9 Å². The average Bonchev–Trinajstić information content (AvgIpc) is 3.22. The summed E-state index contributed by atoms with van der Waals surface area (Å²) in [5.41, 5.74) is 3.37. The van der Waals surface area contributed by atoms with Crippen molar-refractivity contribution in [2.45, 2.75) is 26.5 Å². The monoisotopic (exact) mass is 510 g/mol. The number of fused-ring (bicyclic) bond motifs is 1. The third-order valence-electron chi connectivity index (χ3n) is 6.08. The predicted molar refractivity (Wildman–Crippen MR) is 144 cm³/mol. The van der Waals surface area contributed by atoms with E-state index >= 15 is 0 Å². The van der Waals surface area contributed by atoms with Crippen molar-refractivity contribution in [2.24, 2.45) is 4.99 Å². The third kappa shape index (κ3) is 5.04. The SMILES string of the molecule is CCOC(=O)C1=C(C)N=c2s/c(=C\c3ccccc3OCc3ccccc3)c(=O)n2[C@@H]1c1ccccc1. The van der Waals surface area contributed by atoms with Gasteiger partial charge in [0.2, 0.25) is 0 Å². The minimum atomic E-state index is -0.622. The highest BCUT2D eigenvalue weighted by atomic mass is 32.1. The summed E-state index contributed by atoms with van der Waals surface area (Å²) in [6.45, 7) is 4.20. The number of hydrogen-bond donors (Lipinski definition) is 0. The van der Waals surface area contributed by atoms with E-state index in [1.54, 1.807) is 18.4 Å². The van der Waals surface area contributed by atoms with Crippen LogP contribution in [-0.2, 0) is 16.1 Å². The molecule has 0 saturated heterocycles. The summed E-state index contributed by atoms with van der Waals surface area (Å²) in [4.78, 5) is 31.9. The van der Waals surface area contributed by atoms with Crippen LogP contribution in [0, 0.1) is 0 Å². The number of ether oxygens (including phenoxy) is 2. The molecule has 2 heterocycles. The van der Waals surface area contributed by atoms with Gasteiger partial charge in [0.25, 0.3) is 5.56 Å². The number of esters is 1. The summed E-state index contributed by atoms with van der Waals surface area (Å²) in [5.74, 6) is 0.215. The van der Waals surface area contributed by atoms with Crippen molar-refractivity contribution < 1.29 is 14.3 Å². The molecule has 0 unspecified atom stereocenters. The van der Waals surface area contributed by atoms with Gasteiger partial charge in [-0.25, -0.2) is 9.79 Å². The van der Waals surface area contributed by atoms with Gasteiger partial charge in [0.05, 0.1) is 28.5 Å². The molecule has 0 spiro atoms. The van der Waals surface area contributed by atoms with Crippen LogP contribution in [-0.4, -0.2) is 17.1 Å². The van der Waals surface area contributed by atoms with Crippen LogP contribution in [0.15, 0.2) is 106 Å². The lowest BCUT2D eigenvalue weighted by molar-refractivity contribution is -0.139. The number of aromatic nitrogens is 1. The van der Waals surface area contributed by atoms with Crippen LogP contribution in [0.4, 0.5) is 0 Å². The Labute approximate surface area is 218 Å². The fraction of sp³-hybridized carbons (Fsp3) is 0.167. The Kier molecular flexibility index (Phi) is 7.14. The van der Waals surface area contributed by atoms with E-state index in [-0.39, 0.29) is 12.2 Å². The van der Waals surface area contributed by atoms with Gasteiger partial charge in [-0.2, -0.15) is 0 Å². The Morgan fingerprint density at radius 2 is 1.68 bits per heavy atom. The van der Waals surface area contributed by atoms with Gasteiger partial charge in [-0.1, -0.05) is 90.2 Å². The van der Waals surface area contributed by atoms with Crippen LogP contribution >= 0.6 is 11.3 Å². The fourth-order valence-corrected chi connectivity index (χ4v) is 5.39. The second kappa shape index (κ2) is 10.8. The molecular weight excluding hydrogens is 484 g/mol. The normalized spacial score (nSPS) is 15.2. The molecule has 0 aliphatic carbocycles. The number of para-hydroxylation sites is 1. The fourth-order valence-electron chi connectivity index (χ4n) is 4.35. The first-order chi connectivity index (χ1) is 18.1. The van der Waals surface area contributed by atoms with Crippen LogP contribution in [0.2, 0.25) is 0 Å². The Balaban J connectivity index is 1.60. The molecule has 0 amide bonds. The minimum absolute atomic E-state index is 0.218.